The normalized spacial score (nSPS) is 24.4. The van der Waals surface area contributed by atoms with Crippen molar-refractivity contribution in [2.75, 3.05) is 7.11 Å². The summed E-state index contributed by atoms with van der Waals surface area (Å²) in [5, 5.41) is 9.67. The van der Waals surface area contributed by atoms with Crippen LogP contribution in [0.15, 0.2) is 14.7 Å². The summed E-state index contributed by atoms with van der Waals surface area (Å²) in [6, 6.07) is 0.941. The average Bonchev–Trinajstić information content (AvgIpc) is 2.80. The molecule has 6 nitrogen and oxygen atoms in total. The van der Waals surface area contributed by atoms with E-state index in [1.165, 1.54) is 13.2 Å². The Kier molecular flexibility index (Phi) is 4.52. The van der Waals surface area contributed by atoms with Gasteiger partial charge in [0, 0.05) is 11.5 Å². The zero-order valence-corrected chi connectivity index (χ0v) is 14.9. The Bertz CT molecular complexity index is 667. The quantitative estimate of drug-likeness (QED) is 0.754. The topological polar surface area (TPSA) is 92.7 Å². The van der Waals surface area contributed by atoms with Crippen LogP contribution < -0.4 is 4.72 Å². The number of carbonyl (C=O) groups excluding carboxylic acids is 1. The number of sulfonamides is 1. The molecule has 2 N–H and O–H groups in total. The molecular formula is C12H16BrNO5S2. The van der Waals surface area contributed by atoms with E-state index in [0.29, 0.717) is 10.2 Å². The highest BCUT2D eigenvalue weighted by molar-refractivity contribution is 9.11. The molecule has 2 unspecified atom stereocenters. The molecule has 1 heterocycles. The molecule has 21 heavy (non-hydrogen) atoms. The van der Waals surface area contributed by atoms with Crippen LogP contribution in [0.25, 0.3) is 0 Å². The van der Waals surface area contributed by atoms with Crippen molar-refractivity contribution in [3.63, 3.8) is 0 Å². The van der Waals surface area contributed by atoms with E-state index in [1.807, 2.05) is 0 Å². The molecule has 0 amide bonds. The number of hydrogen-bond donors (Lipinski definition) is 2. The number of methoxy groups -OCH3 is 1. The fourth-order valence-corrected chi connectivity index (χ4v) is 5.98. The van der Waals surface area contributed by atoms with E-state index in [-0.39, 0.29) is 15.8 Å². The van der Waals surface area contributed by atoms with Crippen molar-refractivity contribution in [2.24, 2.45) is 5.41 Å². The lowest BCUT2D eigenvalue weighted by Crippen LogP contribution is -2.61. The van der Waals surface area contributed by atoms with Crippen molar-refractivity contribution < 1.29 is 23.1 Å². The van der Waals surface area contributed by atoms with Crippen molar-refractivity contribution >= 4 is 43.3 Å². The van der Waals surface area contributed by atoms with Gasteiger partial charge in [0.2, 0.25) is 10.0 Å². The number of rotatable bonds is 4. The summed E-state index contributed by atoms with van der Waals surface area (Å²) < 4.78 is 32.3. The van der Waals surface area contributed by atoms with Crippen molar-refractivity contribution in [3.8, 4) is 0 Å². The zero-order chi connectivity index (χ0) is 16.0. The fraction of sp³-hybridized carbons (Fsp3) is 0.583. The van der Waals surface area contributed by atoms with Crippen LogP contribution >= 0.6 is 27.3 Å². The molecule has 0 bridgehead atoms. The summed E-state index contributed by atoms with van der Waals surface area (Å²) in [7, 11) is -2.54. The maximum Gasteiger partial charge on any atom is 0.348 e. The van der Waals surface area contributed by atoms with Crippen LogP contribution in [0.2, 0.25) is 0 Å². The Labute approximate surface area is 135 Å². The van der Waals surface area contributed by atoms with E-state index in [4.69, 9.17) is 0 Å². The molecule has 0 saturated heterocycles. The lowest BCUT2D eigenvalue weighted by molar-refractivity contribution is -0.0645. The van der Waals surface area contributed by atoms with Crippen LogP contribution in [-0.4, -0.2) is 38.7 Å². The highest BCUT2D eigenvalue weighted by Crippen LogP contribution is 2.42. The molecule has 1 fully saturated rings. The molecule has 2 atom stereocenters. The Morgan fingerprint density at radius 1 is 1.57 bits per heavy atom. The summed E-state index contributed by atoms with van der Waals surface area (Å²) in [6.07, 6.45) is -0.153. The second-order valence-electron chi connectivity index (χ2n) is 5.49. The number of esters is 1. The first-order valence-electron chi connectivity index (χ1n) is 6.17. The SMILES string of the molecule is COC(=O)c1cc(S(=O)(=O)NC2CC(O)C2(C)C)c(Br)s1. The molecule has 9 heteroatoms. The minimum Gasteiger partial charge on any atom is -0.465 e. The number of hydrogen-bond acceptors (Lipinski definition) is 6. The Morgan fingerprint density at radius 3 is 2.67 bits per heavy atom. The van der Waals surface area contributed by atoms with E-state index in [9.17, 15) is 18.3 Å². The monoisotopic (exact) mass is 397 g/mol. The Morgan fingerprint density at radius 2 is 2.19 bits per heavy atom. The minimum absolute atomic E-state index is 0.00471. The molecule has 0 aliphatic heterocycles. The van der Waals surface area contributed by atoms with Gasteiger partial charge in [0.05, 0.1) is 17.0 Å². The molecule has 0 aromatic carbocycles. The predicted octanol–water partition coefficient (Wildman–Crippen LogP) is 1.73. The molecule has 0 radical (unpaired) electrons. The number of nitrogens with one attached hydrogen (secondary N) is 1. The van der Waals surface area contributed by atoms with Gasteiger partial charge in [-0.05, 0) is 28.4 Å². The molecule has 118 valence electrons. The summed E-state index contributed by atoms with van der Waals surface area (Å²) in [5.74, 6) is -0.582. The predicted molar refractivity (Wildman–Crippen MR) is 81.9 cm³/mol. The highest BCUT2D eigenvalue weighted by Gasteiger charge is 2.49. The van der Waals surface area contributed by atoms with E-state index in [0.717, 1.165) is 11.3 Å². The summed E-state index contributed by atoms with van der Waals surface area (Å²) in [6.45, 7) is 3.60. The zero-order valence-electron chi connectivity index (χ0n) is 11.7. The molecule has 2 rings (SSSR count). The van der Waals surface area contributed by atoms with Gasteiger partial charge < -0.3 is 9.84 Å². The number of aliphatic hydroxyl groups excluding tert-OH is 1. The number of ether oxygens (including phenoxy) is 1. The van der Waals surface area contributed by atoms with Crippen molar-refractivity contribution in [1.82, 2.24) is 4.72 Å². The lowest BCUT2D eigenvalue weighted by atomic mass is 9.65. The van der Waals surface area contributed by atoms with Crippen LogP contribution in [0.3, 0.4) is 0 Å². The molecule has 1 aromatic heterocycles. The van der Waals surface area contributed by atoms with Crippen molar-refractivity contribution in [1.29, 1.82) is 0 Å². The van der Waals surface area contributed by atoms with E-state index in [1.54, 1.807) is 13.8 Å². The van der Waals surface area contributed by atoms with Crippen molar-refractivity contribution in [3.05, 3.63) is 14.7 Å². The first kappa shape index (κ1) is 16.9. The number of aliphatic hydroxyl groups is 1. The van der Waals surface area contributed by atoms with E-state index >= 15 is 0 Å². The van der Waals surface area contributed by atoms with Gasteiger partial charge in [-0.25, -0.2) is 17.9 Å². The number of carbonyl (C=O) groups is 1. The van der Waals surface area contributed by atoms with Gasteiger partial charge in [0.15, 0.2) is 0 Å². The Balaban J connectivity index is 2.25. The van der Waals surface area contributed by atoms with Gasteiger partial charge in [-0.2, -0.15) is 0 Å². The van der Waals surface area contributed by atoms with Crippen molar-refractivity contribution in [2.45, 2.75) is 37.3 Å². The van der Waals surface area contributed by atoms with Gasteiger partial charge in [0.25, 0.3) is 0 Å². The smallest absolute Gasteiger partial charge is 0.348 e. The third-order valence-corrected chi connectivity index (χ3v) is 7.55. The van der Waals surface area contributed by atoms with Crippen LogP contribution in [0.4, 0.5) is 0 Å². The second kappa shape index (κ2) is 5.62. The van der Waals surface area contributed by atoms with Gasteiger partial charge >= 0.3 is 5.97 Å². The van der Waals surface area contributed by atoms with Gasteiger partial charge in [-0.15, -0.1) is 11.3 Å². The number of halogens is 1. The van der Waals surface area contributed by atoms with Crippen LogP contribution in [-0.2, 0) is 14.8 Å². The van der Waals surface area contributed by atoms with Crippen LogP contribution in [0, 0.1) is 5.41 Å². The molecule has 0 spiro atoms. The summed E-state index contributed by atoms with van der Waals surface area (Å²) >= 11 is 4.16. The average molecular weight is 398 g/mol. The minimum atomic E-state index is -3.77. The number of thiophene rings is 1. The highest BCUT2D eigenvalue weighted by atomic mass is 79.9. The first-order chi connectivity index (χ1) is 9.59. The van der Waals surface area contributed by atoms with Crippen LogP contribution in [0.1, 0.15) is 29.9 Å². The van der Waals surface area contributed by atoms with E-state index in [2.05, 4.69) is 25.4 Å². The second-order valence-corrected chi connectivity index (χ2v) is 9.54. The first-order valence-corrected chi connectivity index (χ1v) is 9.27. The fourth-order valence-electron chi connectivity index (χ4n) is 2.09. The standard InChI is InChI=1S/C12H16BrNO5S2/c1-12(2)8(5-9(12)15)14-21(17,18)7-4-6(11(16)19-3)20-10(7)13/h4,8-9,14-15H,5H2,1-3H3. The third kappa shape index (κ3) is 3.02. The lowest BCUT2D eigenvalue weighted by Gasteiger charge is -2.49. The largest absolute Gasteiger partial charge is 0.465 e. The van der Waals surface area contributed by atoms with Gasteiger partial charge in [0.1, 0.15) is 9.77 Å². The van der Waals surface area contributed by atoms with Crippen LogP contribution in [0.5, 0.6) is 0 Å². The Hall–Kier alpha value is -0.480. The van der Waals surface area contributed by atoms with Gasteiger partial charge in [-0.1, -0.05) is 13.8 Å². The maximum absolute atomic E-state index is 12.4. The van der Waals surface area contributed by atoms with E-state index < -0.39 is 27.5 Å². The molecule has 1 aromatic rings. The molecule has 1 aliphatic carbocycles. The summed E-state index contributed by atoms with van der Waals surface area (Å²) in [5.41, 5.74) is -0.513. The third-order valence-electron chi connectivity index (χ3n) is 3.84. The molecular weight excluding hydrogens is 382 g/mol. The maximum atomic E-state index is 12.4. The van der Waals surface area contributed by atoms with Gasteiger partial charge in [-0.3, -0.25) is 0 Å². The molecule has 1 aliphatic rings. The summed E-state index contributed by atoms with van der Waals surface area (Å²) in [4.78, 5) is 11.7. The molecule has 1 saturated carbocycles.